The molecule has 3 N–H and O–H groups in total. The van der Waals surface area contributed by atoms with Gasteiger partial charge in [0.25, 0.3) is 0 Å². The molecule has 1 heterocycles. The van der Waals surface area contributed by atoms with E-state index in [4.69, 9.17) is 0 Å². The molecule has 2 atom stereocenters. The molecule has 2 unspecified atom stereocenters. The first-order valence-electron chi connectivity index (χ1n) is 11.0. The van der Waals surface area contributed by atoms with E-state index in [0.29, 0.717) is 11.8 Å². The van der Waals surface area contributed by atoms with E-state index in [1.165, 1.54) is 30.4 Å². The van der Waals surface area contributed by atoms with Crippen molar-refractivity contribution in [3.05, 3.63) is 64.1 Å². The Bertz CT molecular complexity index is 1190. The zero-order valence-corrected chi connectivity index (χ0v) is 17.3. The number of anilines is 1. The quantitative estimate of drug-likeness (QED) is 0.598. The number of carbonyl (C=O) groups excluding carboxylic acids is 1. The van der Waals surface area contributed by atoms with Crippen molar-refractivity contribution in [3.8, 4) is 0 Å². The number of aromatic amines is 2. The molecule has 3 aromatic rings. The standard InChI is InChI=1S/C25H27N3O2/c1-15-2-4-18(5-3-15)24-10-16-8-17(11-24)13-25(12-16,14-24)22(29)26-19-6-7-20-21(9-19)28-23(30)27-20/h2-7,9,16-17H,8,10-14H2,1H3,(H,26,29)(H2,27,28,30). The summed E-state index contributed by atoms with van der Waals surface area (Å²) in [6.07, 6.45) is 6.68. The Morgan fingerprint density at radius 1 is 0.967 bits per heavy atom. The van der Waals surface area contributed by atoms with Crippen LogP contribution in [0.15, 0.2) is 47.3 Å². The minimum absolute atomic E-state index is 0.144. The molecular weight excluding hydrogens is 374 g/mol. The number of rotatable bonds is 3. The van der Waals surface area contributed by atoms with Crippen molar-refractivity contribution in [1.29, 1.82) is 0 Å². The van der Waals surface area contributed by atoms with Gasteiger partial charge in [0.15, 0.2) is 0 Å². The normalized spacial score (nSPS) is 31.9. The second kappa shape index (κ2) is 6.10. The maximum Gasteiger partial charge on any atom is 0.323 e. The number of carbonyl (C=O) groups is 1. The molecule has 0 radical (unpaired) electrons. The Balaban J connectivity index is 1.33. The maximum absolute atomic E-state index is 13.6. The smallest absolute Gasteiger partial charge is 0.323 e. The molecule has 4 bridgehead atoms. The molecule has 1 amide bonds. The van der Waals surface area contributed by atoms with Crippen LogP contribution in [0.4, 0.5) is 5.69 Å². The first kappa shape index (κ1) is 18.0. The molecule has 2 aromatic carbocycles. The minimum Gasteiger partial charge on any atom is -0.326 e. The molecule has 5 heteroatoms. The van der Waals surface area contributed by atoms with Gasteiger partial charge in [0.05, 0.1) is 16.4 Å². The Kier molecular flexibility index (Phi) is 3.66. The molecule has 0 saturated heterocycles. The maximum atomic E-state index is 13.6. The van der Waals surface area contributed by atoms with Crippen LogP contribution in [0, 0.1) is 24.2 Å². The second-order valence-electron chi connectivity index (χ2n) is 10.2. The lowest BCUT2D eigenvalue weighted by atomic mass is 9.42. The van der Waals surface area contributed by atoms with Crippen molar-refractivity contribution in [1.82, 2.24) is 9.97 Å². The van der Waals surface area contributed by atoms with Crippen LogP contribution in [0.5, 0.6) is 0 Å². The van der Waals surface area contributed by atoms with Gasteiger partial charge >= 0.3 is 5.69 Å². The number of aryl methyl sites for hydroxylation is 1. The molecule has 4 aliphatic carbocycles. The van der Waals surface area contributed by atoms with E-state index in [1.54, 1.807) is 0 Å². The van der Waals surface area contributed by atoms with E-state index in [0.717, 1.165) is 36.0 Å². The van der Waals surface area contributed by atoms with Crippen molar-refractivity contribution in [2.24, 2.45) is 17.3 Å². The zero-order valence-electron chi connectivity index (χ0n) is 17.3. The van der Waals surface area contributed by atoms with Crippen LogP contribution in [-0.2, 0) is 10.2 Å². The molecular formula is C25H27N3O2. The molecule has 4 aliphatic rings. The van der Waals surface area contributed by atoms with Crippen LogP contribution in [0.3, 0.4) is 0 Å². The largest absolute Gasteiger partial charge is 0.326 e. The fraction of sp³-hybridized carbons (Fsp3) is 0.440. The fourth-order valence-corrected chi connectivity index (χ4v) is 7.15. The van der Waals surface area contributed by atoms with Gasteiger partial charge in [-0.15, -0.1) is 0 Å². The highest BCUT2D eigenvalue weighted by atomic mass is 16.2. The van der Waals surface area contributed by atoms with Crippen LogP contribution in [0.2, 0.25) is 0 Å². The average Bonchev–Trinajstić information content (AvgIpc) is 3.06. The lowest BCUT2D eigenvalue weighted by Crippen LogP contribution is -2.57. The molecule has 1 aromatic heterocycles. The number of aromatic nitrogens is 2. The third kappa shape index (κ3) is 2.68. The topological polar surface area (TPSA) is 77.8 Å². The number of hydrogen-bond donors (Lipinski definition) is 3. The molecule has 5 nitrogen and oxygen atoms in total. The molecule has 0 spiro atoms. The van der Waals surface area contributed by atoms with Crippen LogP contribution < -0.4 is 11.0 Å². The Morgan fingerprint density at radius 2 is 1.67 bits per heavy atom. The van der Waals surface area contributed by atoms with Gasteiger partial charge < -0.3 is 15.3 Å². The number of imidazole rings is 1. The van der Waals surface area contributed by atoms with Crippen LogP contribution in [0.25, 0.3) is 11.0 Å². The third-order valence-corrected chi connectivity index (χ3v) is 7.98. The monoisotopic (exact) mass is 401 g/mol. The van der Waals surface area contributed by atoms with Gasteiger partial charge in [-0.2, -0.15) is 0 Å². The predicted octanol–water partition coefficient (Wildman–Crippen LogP) is 4.64. The summed E-state index contributed by atoms with van der Waals surface area (Å²) in [5.74, 6) is 1.44. The number of amides is 1. The van der Waals surface area contributed by atoms with E-state index in [2.05, 4.69) is 46.5 Å². The van der Waals surface area contributed by atoms with E-state index >= 15 is 0 Å². The highest BCUT2D eigenvalue weighted by molar-refractivity contribution is 5.97. The average molecular weight is 402 g/mol. The van der Waals surface area contributed by atoms with E-state index in [9.17, 15) is 9.59 Å². The first-order valence-corrected chi connectivity index (χ1v) is 11.0. The zero-order chi connectivity index (χ0) is 20.5. The van der Waals surface area contributed by atoms with Crippen molar-refractivity contribution in [3.63, 3.8) is 0 Å². The van der Waals surface area contributed by atoms with Gasteiger partial charge in [-0.3, -0.25) is 4.79 Å². The van der Waals surface area contributed by atoms with Gasteiger partial charge in [-0.05, 0) is 86.5 Å². The summed E-state index contributed by atoms with van der Waals surface area (Å²) < 4.78 is 0. The van der Waals surface area contributed by atoms with E-state index in [-0.39, 0.29) is 22.4 Å². The summed E-state index contributed by atoms with van der Waals surface area (Å²) in [6, 6.07) is 14.6. The molecule has 30 heavy (non-hydrogen) atoms. The van der Waals surface area contributed by atoms with Crippen molar-refractivity contribution >= 4 is 22.6 Å². The molecule has 4 saturated carbocycles. The van der Waals surface area contributed by atoms with Gasteiger partial charge in [0, 0.05) is 5.69 Å². The van der Waals surface area contributed by atoms with Gasteiger partial charge in [0.2, 0.25) is 5.91 Å². The summed E-state index contributed by atoms with van der Waals surface area (Å²) in [4.78, 5) is 30.7. The number of H-pyrrole nitrogens is 2. The molecule has 4 fully saturated rings. The Labute approximate surface area is 175 Å². The van der Waals surface area contributed by atoms with Crippen molar-refractivity contribution < 1.29 is 4.79 Å². The lowest BCUT2D eigenvalue weighted by molar-refractivity contribution is -0.143. The summed E-state index contributed by atoms with van der Waals surface area (Å²) in [5, 5.41) is 3.20. The van der Waals surface area contributed by atoms with Gasteiger partial charge in [-0.25, -0.2) is 4.79 Å². The van der Waals surface area contributed by atoms with Gasteiger partial charge in [-0.1, -0.05) is 29.8 Å². The number of hydrogen-bond acceptors (Lipinski definition) is 2. The Morgan fingerprint density at radius 3 is 2.40 bits per heavy atom. The predicted molar refractivity (Wildman–Crippen MR) is 118 cm³/mol. The highest BCUT2D eigenvalue weighted by Crippen LogP contribution is 2.66. The second-order valence-corrected chi connectivity index (χ2v) is 10.2. The van der Waals surface area contributed by atoms with Crippen LogP contribution in [-0.4, -0.2) is 15.9 Å². The van der Waals surface area contributed by atoms with Crippen LogP contribution in [0.1, 0.15) is 49.7 Å². The highest BCUT2D eigenvalue weighted by Gasteiger charge is 2.60. The molecule has 0 aliphatic heterocycles. The van der Waals surface area contributed by atoms with Gasteiger partial charge in [0.1, 0.15) is 0 Å². The number of nitrogens with one attached hydrogen (secondary N) is 3. The molecule has 7 rings (SSSR count). The lowest BCUT2D eigenvalue weighted by Gasteiger charge is -2.61. The minimum atomic E-state index is -0.282. The fourth-order valence-electron chi connectivity index (χ4n) is 7.15. The third-order valence-electron chi connectivity index (χ3n) is 7.98. The summed E-state index contributed by atoms with van der Waals surface area (Å²) in [6.45, 7) is 2.13. The summed E-state index contributed by atoms with van der Waals surface area (Å²) >= 11 is 0. The SMILES string of the molecule is Cc1ccc(C23CC4CC(CC(C(=O)Nc5ccc6[nH]c(=O)[nH]c6c5)(C4)C2)C3)cc1. The summed E-state index contributed by atoms with van der Waals surface area (Å²) in [7, 11) is 0. The first-order chi connectivity index (χ1) is 14.4. The van der Waals surface area contributed by atoms with E-state index in [1.807, 2.05) is 18.2 Å². The van der Waals surface area contributed by atoms with Crippen LogP contribution >= 0.6 is 0 Å². The van der Waals surface area contributed by atoms with E-state index < -0.39 is 0 Å². The van der Waals surface area contributed by atoms with Crippen molar-refractivity contribution in [2.75, 3.05) is 5.32 Å². The number of benzene rings is 2. The number of fused-ring (bicyclic) bond motifs is 1. The summed E-state index contributed by atoms with van der Waals surface area (Å²) in [5.41, 5.74) is 4.57. The Hall–Kier alpha value is -2.82. The molecule has 154 valence electrons. The van der Waals surface area contributed by atoms with Crippen molar-refractivity contribution in [2.45, 2.75) is 50.9 Å².